The summed E-state index contributed by atoms with van der Waals surface area (Å²) in [5.74, 6) is 1.77. The topological polar surface area (TPSA) is 56.8 Å². The van der Waals surface area contributed by atoms with Crippen LogP contribution < -0.4 is 19.5 Å². The van der Waals surface area contributed by atoms with Crippen molar-refractivity contribution in [3.8, 4) is 17.2 Å². The molecule has 120 valence electrons. The van der Waals surface area contributed by atoms with Crippen LogP contribution in [0.15, 0.2) is 36.4 Å². The number of carbonyl (C=O) groups excluding carboxylic acids is 1. The normalized spacial score (nSPS) is 12.6. The maximum absolute atomic E-state index is 12.2. The van der Waals surface area contributed by atoms with E-state index in [-0.39, 0.29) is 12.3 Å². The summed E-state index contributed by atoms with van der Waals surface area (Å²) < 4.78 is 16.0. The number of anilines is 1. The Bertz CT molecular complexity index is 715. The molecular weight excluding hydrogens is 318 g/mol. The van der Waals surface area contributed by atoms with Gasteiger partial charge in [0.1, 0.15) is 19.0 Å². The molecule has 0 fully saturated rings. The third-order valence-electron chi connectivity index (χ3n) is 3.43. The molecule has 0 saturated carbocycles. The number of amides is 1. The summed E-state index contributed by atoms with van der Waals surface area (Å²) >= 11 is 6.18. The van der Waals surface area contributed by atoms with Gasteiger partial charge in [-0.3, -0.25) is 4.79 Å². The molecule has 2 aromatic rings. The third-order valence-corrected chi connectivity index (χ3v) is 3.74. The first-order valence-corrected chi connectivity index (χ1v) is 7.55. The highest BCUT2D eigenvalue weighted by Gasteiger charge is 2.16. The zero-order valence-corrected chi connectivity index (χ0v) is 13.4. The van der Waals surface area contributed by atoms with E-state index < -0.39 is 0 Å². The van der Waals surface area contributed by atoms with Gasteiger partial charge in [0, 0.05) is 12.1 Å². The zero-order chi connectivity index (χ0) is 16.2. The van der Waals surface area contributed by atoms with Crippen LogP contribution in [-0.2, 0) is 11.2 Å². The van der Waals surface area contributed by atoms with Crippen molar-refractivity contribution in [2.75, 3.05) is 25.6 Å². The molecule has 0 radical (unpaired) electrons. The molecule has 0 unspecified atom stereocenters. The molecule has 23 heavy (non-hydrogen) atoms. The van der Waals surface area contributed by atoms with Crippen LogP contribution in [0.3, 0.4) is 0 Å². The van der Waals surface area contributed by atoms with Crippen LogP contribution in [0.5, 0.6) is 17.2 Å². The first-order valence-electron chi connectivity index (χ1n) is 7.17. The van der Waals surface area contributed by atoms with E-state index in [0.717, 1.165) is 11.3 Å². The van der Waals surface area contributed by atoms with Crippen molar-refractivity contribution in [3.63, 3.8) is 0 Å². The quantitative estimate of drug-likeness (QED) is 0.932. The molecule has 2 aromatic carbocycles. The molecule has 5 nitrogen and oxygen atoms in total. The van der Waals surface area contributed by atoms with Crippen molar-refractivity contribution < 1.29 is 19.0 Å². The fourth-order valence-electron chi connectivity index (χ4n) is 2.28. The molecule has 0 atom stereocenters. The Kier molecular flexibility index (Phi) is 4.57. The average molecular weight is 334 g/mol. The molecular formula is C17H16ClNO4. The van der Waals surface area contributed by atoms with Gasteiger partial charge < -0.3 is 19.5 Å². The number of hydrogen-bond donors (Lipinski definition) is 1. The molecule has 1 N–H and O–H groups in total. The lowest BCUT2D eigenvalue weighted by Crippen LogP contribution is -2.17. The van der Waals surface area contributed by atoms with Crippen molar-refractivity contribution >= 4 is 23.2 Å². The molecule has 1 amide bonds. The molecule has 6 heteroatoms. The van der Waals surface area contributed by atoms with Gasteiger partial charge in [-0.1, -0.05) is 23.7 Å². The van der Waals surface area contributed by atoms with Gasteiger partial charge in [-0.05, 0) is 17.7 Å². The highest BCUT2D eigenvalue weighted by Crippen LogP contribution is 2.37. The van der Waals surface area contributed by atoms with Crippen molar-refractivity contribution in [3.05, 3.63) is 47.0 Å². The van der Waals surface area contributed by atoms with E-state index in [1.54, 1.807) is 19.2 Å². The summed E-state index contributed by atoms with van der Waals surface area (Å²) in [6.07, 6.45) is 0.245. The highest BCUT2D eigenvalue weighted by atomic mass is 35.5. The number of methoxy groups -OCH3 is 1. The minimum absolute atomic E-state index is 0.159. The largest absolute Gasteiger partial charge is 0.497 e. The van der Waals surface area contributed by atoms with Gasteiger partial charge in [-0.15, -0.1) is 0 Å². The van der Waals surface area contributed by atoms with Crippen molar-refractivity contribution in [1.29, 1.82) is 0 Å². The minimum Gasteiger partial charge on any atom is -0.497 e. The standard InChI is InChI=1S/C17H16ClNO4/c1-21-12-4-2-11(3-5-12)8-17(20)19-14-10-16-15(9-13(14)18)22-6-7-23-16/h2-5,9-10H,6-8H2,1H3,(H,19,20). The summed E-state index contributed by atoms with van der Waals surface area (Å²) in [5, 5.41) is 3.21. The summed E-state index contributed by atoms with van der Waals surface area (Å²) in [6, 6.07) is 10.7. The number of fused-ring (bicyclic) bond motifs is 1. The number of hydrogen-bond acceptors (Lipinski definition) is 4. The smallest absolute Gasteiger partial charge is 0.228 e. The number of carbonyl (C=O) groups is 1. The van der Waals surface area contributed by atoms with Crippen molar-refractivity contribution in [2.24, 2.45) is 0 Å². The Balaban J connectivity index is 1.69. The Morgan fingerprint density at radius 2 is 1.83 bits per heavy atom. The fraction of sp³-hybridized carbons (Fsp3) is 0.235. The molecule has 0 aromatic heterocycles. The van der Waals surface area contributed by atoms with E-state index in [1.807, 2.05) is 24.3 Å². The van der Waals surface area contributed by atoms with E-state index in [2.05, 4.69) is 5.32 Å². The maximum atomic E-state index is 12.2. The Hall–Kier alpha value is -2.40. The lowest BCUT2D eigenvalue weighted by Gasteiger charge is -2.20. The lowest BCUT2D eigenvalue weighted by atomic mass is 10.1. The molecule has 1 aliphatic rings. The molecule has 0 bridgehead atoms. The van der Waals surface area contributed by atoms with Gasteiger partial charge in [0.15, 0.2) is 11.5 Å². The summed E-state index contributed by atoms with van der Waals surface area (Å²) in [7, 11) is 1.60. The molecule has 1 aliphatic heterocycles. The van der Waals surface area contributed by atoms with Crippen LogP contribution in [0.2, 0.25) is 5.02 Å². The molecule has 3 rings (SSSR count). The number of ether oxygens (including phenoxy) is 3. The third kappa shape index (κ3) is 3.68. The van der Waals surface area contributed by atoms with Crippen LogP contribution >= 0.6 is 11.6 Å². The van der Waals surface area contributed by atoms with Gasteiger partial charge in [0.05, 0.1) is 24.2 Å². The Labute approximate surface area is 139 Å². The van der Waals surface area contributed by atoms with E-state index in [4.69, 9.17) is 25.8 Å². The average Bonchev–Trinajstić information content (AvgIpc) is 2.56. The highest BCUT2D eigenvalue weighted by molar-refractivity contribution is 6.34. The predicted molar refractivity (Wildman–Crippen MR) is 87.8 cm³/mol. The van der Waals surface area contributed by atoms with Crippen LogP contribution in [0.1, 0.15) is 5.56 Å². The second-order valence-corrected chi connectivity index (χ2v) is 5.46. The van der Waals surface area contributed by atoms with Crippen LogP contribution in [0.4, 0.5) is 5.69 Å². The number of nitrogens with one attached hydrogen (secondary N) is 1. The number of benzene rings is 2. The van der Waals surface area contributed by atoms with Gasteiger partial charge in [-0.25, -0.2) is 0 Å². The van der Waals surface area contributed by atoms with Crippen LogP contribution in [0, 0.1) is 0 Å². The molecule has 1 heterocycles. The van der Waals surface area contributed by atoms with E-state index in [9.17, 15) is 4.79 Å². The fourth-order valence-corrected chi connectivity index (χ4v) is 2.48. The van der Waals surface area contributed by atoms with E-state index in [1.165, 1.54) is 0 Å². The summed E-state index contributed by atoms with van der Waals surface area (Å²) in [5.41, 5.74) is 1.39. The van der Waals surface area contributed by atoms with Gasteiger partial charge in [0.2, 0.25) is 5.91 Å². The monoisotopic (exact) mass is 333 g/mol. The summed E-state index contributed by atoms with van der Waals surface area (Å²) in [4.78, 5) is 12.2. The van der Waals surface area contributed by atoms with Crippen LogP contribution in [0.25, 0.3) is 0 Å². The second kappa shape index (κ2) is 6.79. The predicted octanol–water partition coefficient (Wildman–Crippen LogP) is 3.30. The Morgan fingerprint density at radius 1 is 1.17 bits per heavy atom. The van der Waals surface area contributed by atoms with Crippen LogP contribution in [-0.4, -0.2) is 26.2 Å². The summed E-state index contributed by atoms with van der Waals surface area (Å²) in [6.45, 7) is 0.973. The van der Waals surface area contributed by atoms with Crippen molar-refractivity contribution in [1.82, 2.24) is 0 Å². The van der Waals surface area contributed by atoms with Gasteiger partial charge >= 0.3 is 0 Å². The van der Waals surface area contributed by atoms with Gasteiger partial charge in [-0.2, -0.15) is 0 Å². The minimum atomic E-state index is -0.159. The first kappa shape index (κ1) is 15.5. The molecule has 0 aliphatic carbocycles. The lowest BCUT2D eigenvalue weighted by molar-refractivity contribution is -0.115. The Morgan fingerprint density at radius 3 is 2.48 bits per heavy atom. The van der Waals surface area contributed by atoms with E-state index >= 15 is 0 Å². The van der Waals surface area contributed by atoms with Crippen molar-refractivity contribution in [2.45, 2.75) is 6.42 Å². The first-order chi connectivity index (χ1) is 11.2. The molecule has 0 spiro atoms. The SMILES string of the molecule is COc1ccc(CC(=O)Nc2cc3c(cc2Cl)OCCO3)cc1. The van der Waals surface area contributed by atoms with E-state index in [0.29, 0.717) is 35.4 Å². The number of rotatable bonds is 4. The zero-order valence-electron chi connectivity index (χ0n) is 12.6. The number of halogens is 1. The van der Waals surface area contributed by atoms with Gasteiger partial charge in [0.25, 0.3) is 0 Å². The second-order valence-electron chi connectivity index (χ2n) is 5.05. The maximum Gasteiger partial charge on any atom is 0.228 e. The molecule has 0 saturated heterocycles.